The molecule has 0 spiro atoms. The normalized spacial score (nSPS) is 16.0. The fraction of sp³-hybridized carbons (Fsp3) is 0.533. The first kappa shape index (κ1) is 15.6. The summed E-state index contributed by atoms with van der Waals surface area (Å²) < 4.78 is 15.4. The Hall–Kier alpha value is -1.79. The van der Waals surface area contributed by atoms with Crippen LogP contribution in [0.5, 0.6) is 5.75 Å². The summed E-state index contributed by atoms with van der Waals surface area (Å²) in [6.45, 7) is 3.68. The number of esters is 1. The number of rotatable bonds is 7. The van der Waals surface area contributed by atoms with Crippen LogP contribution in [-0.2, 0) is 9.47 Å². The van der Waals surface area contributed by atoms with Crippen molar-refractivity contribution in [1.29, 1.82) is 0 Å². The fourth-order valence-corrected chi connectivity index (χ4v) is 2.10. The number of carbonyl (C=O) groups is 1. The van der Waals surface area contributed by atoms with E-state index in [1.54, 1.807) is 32.2 Å². The Bertz CT molecular complexity index is 493. The number of anilines is 1. The maximum atomic E-state index is 12.0. The van der Waals surface area contributed by atoms with Gasteiger partial charge in [-0.1, -0.05) is 0 Å². The largest absolute Gasteiger partial charge is 0.497 e. The van der Waals surface area contributed by atoms with E-state index in [1.165, 1.54) is 0 Å². The lowest BCUT2D eigenvalue weighted by atomic mass is 9.87. The quantitative estimate of drug-likeness (QED) is 0.738. The van der Waals surface area contributed by atoms with E-state index in [2.05, 4.69) is 5.32 Å². The van der Waals surface area contributed by atoms with Gasteiger partial charge in [0.05, 0.1) is 44.5 Å². The van der Waals surface area contributed by atoms with E-state index < -0.39 is 5.97 Å². The molecule has 0 bridgehead atoms. The summed E-state index contributed by atoms with van der Waals surface area (Å²) in [5, 5.41) is 12.6. The molecule has 6 nitrogen and oxygen atoms in total. The van der Waals surface area contributed by atoms with Crippen LogP contribution in [0.3, 0.4) is 0 Å². The van der Waals surface area contributed by atoms with Gasteiger partial charge in [-0.2, -0.15) is 0 Å². The van der Waals surface area contributed by atoms with Crippen molar-refractivity contribution in [3.05, 3.63) is 23.8 Å². The van der Waals surface area contributed by atoms with E-state index in [9.17, 15) is 9.90 Å². The van der Waals surface area contributed by atoms with Crippen LogP contribution in [0.2, 0.25) is 0 Å². The highest BCUT2D eigenvalue weighted by Gasteiger charge is 2.38. The van der Waals surface area contributed by atoms with Crippen LogP contribution in [0.25, 0.3) is 0 Å². The first-order valence-electron chi connectivity index (χ1n) is 6.92. The topological polar surface area (TPSA) is 77.0 Å². The number of aliphatic hydroxyl groups excluding tert-OH is 1. The van der Waals surface area contributed by atoms with Crippen molar-refractivity contribution in [3.8, 4) is 5.75 Å². The zero-order valence-corrected chi connectivity index (χ0v) is 12.3. The molecule has 2 rings (SSSR count). The molecule has 6 heteroatoms. The van der Waals surface area contributed by atoms with Gasteiger partial charge in [-0.05, 0) is 25.1 Å². The second-order valence-electron chi connectivity index (χ2n) is 5.14. The molecule has 0 atom stereocenters. The van der Waals surface area contributed by atoms with Gasteiger partial charge < -0.3 is 24.6 Å². The summed E-state index contributed by atoms with van der Waals surface area (Å²) in [7, 11) is 1.55. The number of ether oxygens (including phenoxy) is 3. The SMILES string of the molecule is CCOC(=O)c1cc(OC)ccc1NCC1(CO)COC1. The van der Waals surface area contributed by atoms with Crippen molar-refractivity contribution < 1.29 is 24.1 Å². The lowest BCUT2D eigenvalue weighted by molar-refractivity contribution is -0.128. The van der Waals surface area contributed by atoms with Crippen LogP contribution in [0.1, 0.15) is 17.3 Å². The van der Waals surface area contributed by atoms with Crippen LogP contribution in [-0.4, -0.2) is 51.2 Å². The highest BCUT2D eigenvalue weighted by atomic mass is 16.5. The highest BCUT2D eigenvalue weighted by Crippen LogP contribution is 2.29. The van der Waals surface area contributed by atoms with Gasteiger partial charge in [0, 0.05) is 12.2 Å². The summed E-state index contributed by atoms with van der Waals surface area (Å²) in [5.41, 5.74) is 0.810. The van der Waals surface area contributed by atoms with Crippen LogP contribution < -0.4 is 10.1 Å². The monoisotopic (exact) mass is 295 g/mol. The molecule has 1 aromatic rings. The fourth-order valence-electron chi connectivity index (χ4n) is 2.10. The lowest BCUT2D eigenvalue weighted by Gasteiger charge is -2.40. The first-order valence-corrected chi connectivity index (χ1v) is 6.92. The average molecular weight is 295 g/mol. The smallest absolute Gasteiger partial charge is 0.340 e. The van der Waals surface area contributed by atoms with Crippen LogP contribution in [0, 0.1) is 5.41 Å². The van der Waals surface area contributed by atoms with Crippen molar-refractivity contribution in [2.45, 2.75) is 6.92 Å². The number of aliphatic hydroxyl groups is 1. The molecule has 1 aromatic carbocycles. The van der Waals surface area contributed by atoms with E-state index in [1.807, 2.05) is 0 Å². The summed E-state index contributed by atoms with van der Waals surface area (Å²) >= 11 is 0. The predicted octanol–water partition coefficient (Wildman–Crippen LogP) is 1.29. The van der Waals surface area contributed by atoms with Crippen molar-refractivity contribution >= 4 is 11.7 Å². The number of hydrogen-bond acceptors (Lipinski definition) is 6. The molecular weight excluding hydrogens is 274 g/mol. The molecule has 1 heterocycles. The molecule has 0 aliphatic carbocycles. The molecule has 1 aliphatic rings. The molecule has 0 aromatic heterocycles. The number of methoxy groups -OCH3 is 1. The second-order valence-corrected chi connectivity index (χ2v) is 5.14. The Morgan fingerprint density at radius 2 is 2.24 bits per heavy atom. The predicted molar refractivity (Wildman–Crippen MR) is 77.8 cm³/mol. The lowest BCUT2D eigenvalue weighted by Crippen LogP contribution is -2.50. The van der Waals surface area contributed by atoms with Gasteiger partial charge in [0.2, 0.25) is 0 Å². The van der Waals surface area contributed by atoms with Gasteiger partial charge in [-0.25, -0.2) is 4.79 Å². The molecule has 0 saturated carbocycles. The maximum absolute atomic E-state index is 12.0. The second kappa shape index (κ2) is 6.78. The number of nitrogens with one attached hydrogen (secondary N) is 1. The van der Waals surface area contributed by atoms with Crippen LogP contribution in [0.15, 0.2) is 18.2 Å². The van der Waals surface area contributed by atoms with E-state index in [0.717, 1.165) is 0 Å². The minimum Gasteiger partial charge on any atom is -0.497 e. The Morgan fingerprint density at radius 3 is 2.76 bits per heavy atom. The first-order chi connectivity index (χ1) is 10.1. The van der Waals surface area contributed by atoms with Gasteiger partial charge >= 0.3 is 5.97 Å². The number of benzene rings is 1. The zero-order valence-electron chi connectivity index (χ0n) is 12.3. The molecule has 1 saturated heterocycles. The molecule has 21 heavy (non-hydrogen) atoms. The van der Waals surface area contributed by atoms with Crippen LogP contribution in [0.4, 0.5) is 5.69 Å². The van der Waals surface area contributed by atoms with Crippen molar-refractivity contribution in [2.75, 3.05) is 45.4 Å². The third-order valence-corrected chi connectivity index (χ3v) is 3.53. The highest BCUT2D eigenvalue weighted by molar-refractivity contribution is 5.96. The van der Waals surface area contributed by atoms with E-state index >= 15 is 0 Å². The third-order valence-electron chi connectivity index (χ3n) is 3.53. The Kier molecular flexibility index (Phi) is 5.03. The number of hydrogen-bond donors (Lipinski definition) is 2. The van der Waals surface area contributed by atoms with Crippen LogP contribution >= 0.6 is 0 Å². The van der Waals surface area contributed by atoms with Gasteiger partial charge in [-0.3, -0.25) is 0 Å². The van der Waals surface area contributed by atoms with Crippen molar-refractivity contribution in [2.24, 2.45) is 5.41 Å². The zero-order chi connectivity index (χ0) is 15.3. The summed E-state index contributed by atoms with van der Waals surface area (Å²) in [6.07, 6.45) is 0. The Balaban J connectivity index is 2.15. The average Bonchev–Trinajstić information content (AvgIpc) is 2.47. The maximum Gasteiger partial charge on any atom is 0.340 e. The van der Waals surface area contributed by atoms with Gasteiger partial charge in [0.15, 0.2) is 0 Å². The van der Waals surface area contributed by atoms with E-state index in [0.29, 0.717) is 43.4 Å². The van der Waals surface area contributed by atoms with Crippen molar-refractivity contribution in [3.63, 3.8) is 0 Å². The number of carbonyl (C=O) groups excluding carboxylic acids is 1. The third kappa shape index (κ3) is 3.46. The molecule has 0 amide bonds. The molecule has 1 aliphatic heterocycles. The van der Waals surface area contributed by atoms with Gasteiger partial charge in [0.1, 0.15) is 5.75 Å². The summed E-state index contributed by atoms with van der Waals surface area (Å²) in [5.74, 6) is 0.189. The molecule has 2 N–H and O–H groups in total. The minimum atomic E-state index is -0.401. The van der Waals surface area contributed by atoms with Crippen molar-refractivity contribution in [1.82, 2.24) is 0 Å². The van der Waals surface area contributed by atoms with Gasteiger partial charge in [0.25, 0.3) is 0 Å². The molecule has 1 fully saturated rings. The van der Waals surface area contributed by atoms with E-state index in [-0.39, 0.29) is 12.0 Å². The standard InChI is InChI=1S/C15H21NO5/c1-3-21-14(18)12-6-11(19-2)4-5-13(12)16-7-15(8-17)9-20-10-15/h4-6,16-17H,3,7-10H2,1-2H3. The summed E-state index contributed by atoms with van der Waals surface area (Å²) in [6, 6.07) is 5.19. The Morgan fingerprint density at radius 1 is 1.48 bits per heavy atom. The summed E-state index contributed by atoms with van der Waals surface area (Å²) in [4.78, 5) is 12.0. The molecule has 116 valence electrons. The Labute approximate surface area is 124 Å². The minimum absolute atomic E-state index is 0.0465. The van der Waals surface area contributed by atoms with E-state index in [4.69, 9.17) is 14.2 Å². The molecule has 0 radical (unpaired) electrons. The van der Waals surface area contributed by atoms with Gasteiger partial charge in [-0.15, -0.1) is 0 Å². The molecule has 0 unspecified atom stereocenters. The molecular formula is C15H21NO5.